The SMILES string of the molecule is O.O.[Ag].[InH3].[InH3].[SnH2].[SnH2]. The Hall–Kier alpha value is 4.00. The molecule has 0 rings (SSSR count). The number of hydrogen-bond donors (Lipinski definition) is 0. The van der Waals surface area contributed by atoms with Crippen molar-refractivity contribution in [3.63, 3.8) is 0 Å². The summed E-state index contributed by atoms with van der Waals surface area (Å²) in [6.45, 7) is 0. The summed E-state index contributed by atoms with van der Waals surface area (Å²) in [6, 6.07) is 0. The molecule has 5 radical (unpaired) electrons. The standard InChI is InChI=1S/Ag.2In.2H2O.2Sn.10H/h;;;2*1H2;;;;;;;;;;;;. The molecule has 0 heterocycles. The zero-order chi connectivity index (χ0) is 0. The van der Waals surface area contributed by atoms with Crippen molar-refractivity contribution in [1.82, 2.24) is 0 Å². The summed E-state index contributed by atoms with van der Waals surface area (Å²) in [4.78, 5) is 0. The molecule has 51 valence electrons. The van der Waals surface area contributed by atoms with Gasteiger partial charge in [0.15, 0.2) is 0 Å². The average Bonchev–Trinajstić information content (AvgIpc) is 0. The van der Waals surface area contributed by atoms with Crippen molar-refractivity contribution in [2.75, 3.05) is 0 Å². The molecule has 0 aliphatic carbocycles. The summed E-state index contributed by atoms with van der Waals surface area (Å²) in [5.41, 5.74) is 0. The van der Waals surface area contributed by atoms with Crippen LogP contribution in [0.4, 0.5) is 0 Å². The summed E-state index contributed by atoms with van der Waals surface area (Å²) < 4.78 is 0. The van der Waals surface area contributed by atoms with Crippen LogP contribution in [-0.2, 0) is 22.4 Å². The summed E-state index contributed by atoms with van der Waals surface area (Å²) in [7, 11) is 0. The van der Waals surface area contributed by atoms with E-state index in [4.69, 9.17) is 0 Å². The predicted octanol–water partition coefficient (Wildman–Crippen LogP) is -5.85. The second-order valence-corrected chi connectivity index (χ2v) is 0. The molecular weight excluding hydrogens is 607 g/mol. The van der Waals surface area contributed by atoms with Crippen molar-refractivity contribution in [3.8, 4) is 0 Å². The normalized spacial score (nSPS) is 0. The van der Waals surface area contributed by atoms with Gasteiger partial charge in [0.2, 0.25) is 0 Å². The zero-order valence-corrected chi connectivity index (χ0v) is 12.3. The summed E-state index contributed by atoms with van der Waals surface area (Å²) in [6.07, 6.45) is 0. The van der Waals surface area contributed by atoms with E-state index >= 15 is 0 Å². The Kier molecular flexibility index (Phi) is 498. The van der Waals surface area contributed by atoms with Crippen molar-refractivity contribution < 1.29 is 33.3 Å². The molecule has 0 amide bonds. The van der Waals surface area contributed by atoms with E-state index in [1.807, 2.05) is 0 Å². The zero-order valence-electron chi connectivity index (χ0n) is 2.72. The first kappa shape index (κ1) is 68.8. The van der Waals surface area contributed by atoms with E-state index < -0.39 is 0 Å². The van der Waals surface area contributed by atoms with Crippen LogP contribution in [0.2, 0.25) is 0 Å². The molecule has 2 nitrogen and oxygen atoms in total. The Balaban J connectivity index is 0. The van der Waals surface area contributed by atoms with E-state index in [0.717, 1.165) is 0 Å². The molecule has 0 aromatic heterocycles. The fourth-order valence-electron chi connectivity index (χ4n) is 0. The van der Waals surface area contributed by atoms with Crippen LogP contribution in [0, 0.1) is 0 Å². The van der Waals surface area contributed by atoms with Gasteiger partial charge in [-0.15, -0.1) is 0 Å². The molecular formula is H14AgIn2O2Sn2. The summed E-state index contributed by atoms with van der Waals surface area (Å²) >= 11 is 0. The van der Waals surface area contributed by atoms with Gasteiger partial charge in [0.25, 0.3) is 0 Å². The molecule has 0 atom stereocenters. The third-order valence-corrected chi connectivity index (χ3v) is 0. The second kappa shape index (κ2) is 50.6. The molecule has 0 fully saturated rings. The maximum atomic E-state index is 0. The van der Waals surface area contributed by atoms with Crippen LogP contribution in [0.15, 0.2) is 0 Å². The molecule has 0 aliphatic heterocycles. The van der Waals surface area contributed by atoms with Crippen LogP contribution in [-0.4, -0.2) is 110 Å². The molecule has 0 saturated heterocycles. The minimum atomic E-state index is 0. The topological polar surface area (TPSA) is 63.0 Å². The Morgan fingerprint density at radius 3 is 0.571 bits per heavy atom. The van der Waals surface area contributed by atoms with Gasteiger partial charge < -0.3 is 11.0 Å². The van der Waals surface area contributed by atoms with Gasteiger partial charge in [-0.3, -0.25) is 0 Å². The molecule has 0 bridgehead atoms. The molecule has 0 aliphatic rings. The van der Waals surface area contributed by atoms with Crippen molar-refractivity contribution in [2.24, 2.45) is 0 Å². The van der Waals surface area contributed by atoms with E-state index in [9.17, 15) is 0 Å². The van der Waals surface area contributed by atoms with Crippen molar-refractivity contribution in [1.29, 1.82) is 0 Å². The first-order valence-corrected chi connectivity index (χ1v) is 0. The fraction of sp³-hybridized carbons (Fsp3) is 0. The third-order valence-electron chi connectivity index (χ3n) is 0. The quantitative estimate of drug-likeness (QED) is 0.243. The van der Waals surface area contributed by atoms with Crippen LogP contribution < -0.4 is 0 Å². The molecule has 7 heteroatoms. The molecule has 7 heavy (non-hydrogen) atoms. The molecule has 0 aromatic rings. The van der Waals surface area contributed by atoms with Gasteiger partial charge in [0, 0.05) is 22.4 Å². The van der Waals surface area contributed by atoms with Gasteiger partial charge >= 0.3 is 99.5 Å². The van der Waals surface area contributed by atoms with Gasteiger partial charge in [0.1, 0.15) is 0 Å². The molecule has 0 saturated carbocycles. The van der Waals surface area contributed by atoms with Gasteiger partial charge in [-0.05, 0) is 0 Å². The maximum absolute atomic E-state index is 0. The fourth-order valence-corrected chi connectivity index (χ4v) is 0. The van der Waals surface area contributed by atoms with Gasteiger partial charge in [-0.1, -0.05) is 0 Å². The van der Waals surface area contributed by atoms with E-state index in [1.165, 1.54) is 0 Å². The van der Waals surface area contributed by atoms with Crippen LogP contribution in [0.25, 0.3) is 0 Å². The molecule has 0 unspecified atom stereocenters. The van der Waals surface area contributed by atoms with Crippen LogP contribution in [0.5, 0.6) is 0 Å². The van der Waals surface area contributed by atoms with Gasteiger partial charge in [-0.25, -0.2) is 0 Å². The van der Waals surface area contributed by atoms with Crippen LogP contribution >= 0.6 is 0 Å². The monoisotopic (exact) mass is 623 g/mol. The van der Waals surface area contributed by atoms with E-state index in [1.54, 1.807) is 0 Å². The van der Waals surface area contributed by atoms with E-state index in [-0.39, 0.29) is 133 Å². The Morgan fingerprint density at radius 1 is 0.571 bits per heavy atom. The summed E-state index contributed by atoms with van der Waals surface area (Å²) in [5.74, 6) is 0. The number of hydrogen-bond acceptors (Lipinski definition) is 0. The molecule has 0 aromatic carbocycles. The van der Waals surface area contributed by atoms with Gasteiger partial charge in [-0.2, -0.15) is 0 Å². The van der Waals surface area contributed by atoms with E-state index in [2.05, 4.69) is 0 Å². The molecule has 4 N–H and O–H groups in total. The molecule has 0 spiro atoms. The Bertz CT molecular complexity index is 13.7. The van der Waals surface area contributed by atoms with Crippen molar-refractivity contribution >= 4 is 99.5 Å². The third kappa shape index (κ3) is 40.0. The van der Waals surface area contributed by atoms with Crippen molar-refractivity contribution in [2.45, 2.75) is 0 Å². The van der Waals surface area contributed by atoms with Crippen LogP contribution in [0.1, 0.15) is 0 Å². The first-order valence-electron chi connectivity index (χ1n) is 0. The Labute approximate surface area is 130 Å². The predicted molar refractivity (Wildman–Crippen MR) is 44.2 cm³/mol. The average molecular weight is 621 g/mol. The Morgan fingerprint density at radius 2 is 0.571 bits per heavy atom. The number of rotatable bonds is 0. The minimum absolute atomic E-state index is 0. The summed E-state index contributed by atoms with van der Waals surface area (Å²) in [5, 5.41) is 0. The first-order chi connectivity index (χ1) is 0. The van der Waals surface area contributed by atoms with Crippen LogP contribution in [0.3, 0.4) is 0 Å². The van der Waals surface area contributed by atoms with E-state index in [0.29, 0.717) is 0 Å². The van der Waals surface area contributed by atoms with Crippen molar-refractivity contribution in [3.05, 3.63) is 0 Å². The second-order valence-electron chi connectivity index (χ2n) is 0. The van der Waals surface area contributed by atoms with Gasteiger partial charge in [0.05, 0.1) is 0 Å².